The monoisotopic (exact) mass is 300 g/mol. The van der Waals surface area contributed by atoms with Crippen molar-refractivity contribution in [3.05, 3.63) is 35.9 Å². The minimum atomic E-state index is -0.271. The number of carbonyl (C=O) groups is 2. The van der Waals surface area contributed by atoms with Crippen LogP contribution in [0.4, 0.5) is 0 Å². The third kappa shape index (κ3) is 2.45. The van der Waals surface area contributed by atoms with Crippen molar-refractivity contribution in [2.24, 2.45) is 11.7 Å². The number of carbonyl (C=O) groups excluding carboxylic acids is 2. The molecular weight excluding hydrogens is 280 g/mol. The number of imidazole rings is 1. The number of piperidine rings is 1. The van der Waals surface area contributed by atoms with Crippen LogP contribution in [0.25, 0.3) is 5.52 Å². The van der Waals surface area contributed by atoms with Crippen LogP contribution in [0.5, 0.6) is 0 Å². The predicted octanol–water partition coefficient (Wildman–Crippen LogP) is 1.23. The van der Waals surface area contributed by atoms with Gasteiger partial charge in [0.1, 0.15) is 5.82 Å². The molecule has 1 saturated heterocycles. The number of rotatable bonds is 3. The van der Waals surface area contributed by atoms with Crippen LogP contribution in [0.2, 0.25) is 0 Å². The maximum Gasteiger partial charge on any atom is 0.274 e. The molecule has 0 unspecified atom stereocenters. The largest absolute Gasteiger partial charge is 0.369 e. The van der Waals surface area contributed by atoms with Gasteiger partial charge in [-0.05, 0) is 25.0 Å². The fourth-order valence-electron chi connectivity index (χ4n) is 3.03. The Kier molecular flexibility index (Phi) is 3.83. The van der Waals surface area contributed by atoms with Gasteiger partial charge in [-0.25, -0.2) is 4.98 Å². The molecule has 3 heterocycles. The SMILES string of the molecule is CCc1nc(C(=O)N2CCC(C(N)=O)CC2)c2ccccn12. The summed E-state index contributed by atoms with van der Waals surface area (Å²) in [7, 11) is 0. The number of pyridine rings is 1. The molecule has 22 heavy (non-hydrogen) atoms. The van der Waals surface area contributed by atoms with E-state index in [-0.39, 0.29) is 17.7 Å². The molecule has 6 heteroatoms. The molecule has 6 nitrogen and oxygen atoms in total. The van der Waals surface area contributed by atoms with Crippen molar-refractivity contribution in [2.75, 3.05) is 13.1 Å². The molecule has 2 N–H and O–H groups in total. The van der Waals surface area contributed by atoms with Crippen molar-refractivity contribution in [1.82, 2.24) is 14.3 Å². The third-order valence-corrected chi connectivity index (χ3v) is 4.32. The van der Waals surface area contributed by atoms with E-state index in [1.807, 2.05) is 35.7 Å². The van der Waals surface area contributed by atoms with Crippen LogP contribution < -0.4 is 5.73 Å². The van der Waals surface area contributed by atoms with Crippen LogP contribution in [-0.4, -0.2) is 39.2 Å². The van der Waals surface area contributed by atoms with Crippen LogP contribution >= 0.6 is 0 Å². The van der Waals surface area contributed by atoms with Gasteiger partial charge in [-0.2, -0.15) is 0 Å². The predicted molar refractivity (Wildman–Crippen MR) is 82.4 cm³/mol. The van der Waals surface area contributed by atoms with E-state index in [1.54, 1.807) is 4.90 Å². The van der Waals surface area contributed by atoms with Crippen LogP contribution in [0.3, 0.4) is 0 Å². The normalized spacial score (nSPS) is 16.1. The molecular formula is C16H20N4O2. The quantitative estimate of drug-likeness (QED) is 0.926. The van der Waals surface area contributed by atoms with Crippen molar-refractivity contribution in [3.63, 3.8) is 0 Å². The smallest absolute Gasteiger partial charge is 0.274 e. The number of likely N-dealkylation sites (tertiary alicyclic amines) is 1. The second kappa shape index (κ2) is 5.79. The zero-order chi connectivity index (χ0) is 15.7. The molecule has 0 bridgehead atoms. The van der Waals surface area contributed by atoms with Gasteiger partial charge in [0.25, 0.3) is 5.91 Å². The number of hydrogen-bond acceptors (Lipinski definition) is 3. The summed E-state index contributed by atoms with van der Waals surface area (Å²) in [4.78, 5) is 30.3. The van der Waals surface area contributed by atoms with Crippen LogP contribution in [0.1, 0.15) is 36.1 Å². The van der Waals surface area contributed by atoms with E-state index in [2.05, 4.69) is 4.98 Å². The number of nitrogens with two attached hydrogens (primary N) is 1. The van der Waals surface area contributed by atoms with Gasteiger partial charge in [-0.1, -0.05) is 13.0 Å². The Balaban J connectivity index is 1.86. The van der Waals surface area contributed by atoms with E-state index < -0.39 is 0 Å². The lowest BCUT2D eigenvalue weighted by atomic mass is 9.96. The van der Waals surface area contributed by atoms with E-state index in [9.17, 15) is 9.59 Å². The summed E-state index contributed by atoms with van der Waals surface area (Å²) in [6, 6.07) is 5.75. The Labute approximate surface area is 128 Å². The van der Waals surface area contributed by atoms with Crippen LogP contribution in [0.15, 0.2) is 24.4 Å². The summed E-state index contributed by atoms with van der Waals surface area (Å²) in [6.45, 7) is 3.13. The van der Waals surface area contributed by atoms with Gasteiger partial charge in [-0.3, -0.25) is 9.59 Å². The van der Waals surface area contributed by atoms with Crippen LogP contribution in [0, 0.1) is 5.92 Å². The number of hydrogen-bond donors (Lipinski definition) is 1. The van der Waals surface area contributed by atoms with E-state index in [0.717, 1.165) is 17.8 Å². The minimum Gasteiger partial charge on any atom is -0.369 e. The second-order valence-electron chi connectivity index (χ2n) is 5.65. The Morgan fingerprint density at radius 2 is 2.05 bits per heavy atom. The third-order valence-electron chi connectivity index (χ3n) is 4.32. The number of primary amides is 1. The molecule has 0 aromatic carbocycles. The lowest BCUT2D eigenvalue weighted by Gasteiger charge is -2.30. The highest BCUT2D eigenvalue weighted by Crippen LogP contribution is 2.21. The van der Waals surface area contributed by atoms with E-state index in [0.29, 0.717) is 31.6 Å². The van der Waals surface area contributed by atoms with Gasteiger partial charge in [0.05, 0.1) is 5.52 Å². The van der Waals surface area contributed by atoms with E-state index in [4.69, 9.17) is 5.73 Å². The topological polar surface area (TPSA) is 80.7 Å². The Hall–Kier alpha value is -2.37. The Morgan fingerprint density at radius 3 is 2.68 bits per heavy atom. The summed E-state index contributed by atoms with van der Waals surface area (Å²) in [5.41, 5.74) is 6.67. The fourth-order valence-corrected chi connectivity index (χ4v) is 3.03. The van der Waals surface area contributed by atoms with Crippen molar-refractivity contribution in [1.29, 1.82) is 0 Å². The first-order chi connectivity index (χ1) is 10.6. The van der Waals surface area contributed by atoms with Gasteiger partial charge < -0.3 is 15.0 Å². The molecule has 2 aromatic rings. The molecule has 0 saturated carbocycles. The lowest BCUT2D eigenvalue weighted by Crippen LogP contribution is -2.41. The minimum absolute atomic E-state index is 0.0636. The summed E-state index contributed by atoms with van der Waals surface area (Å²) < 4.78 is 1.96. The molecule has 2 aromatic heterocycles. The van der Waals surface area contributed by atoms with Crippen molar-refractivity contribution in [3.8, 4) is 0 Å². The van der Waals surface area contributed by atoms with Crippen LogP contribution in [-0.2, 0) is 11.2 Å². The summed E-state index contributed by atoms with van der Waals surface area (Å²) in [5, 5.41) is 0. The highest BCUT2D eigenvalue weighted by molar-refractivity contribution is 5.99. The van der Waals surface area contributed by atoms with E-state index in [1.165, 1.54) is 0 Å². The molecule has 1 fully saturated rings. The number of aryl methyl sites for hydroxylation is 1. The van der Waals surface area contributed by atoms with Gasteiger partial charge >= 0.3 is 0 Å². The van der Waals surface area contributed by atoms with Crippen molar-refractivity contribution < 1.29 is 9.59 Å². The molecule has 1 aliphatic rings. The molecule has 116 valence electrons. The number of aromatic nitrogens is 2. The lowest BCUT2D eigenvalue weighted by molar-refractivity contribution is -0.123. The average molecular weight is 300 g/mol. The first-order valence-corrected chi connectivity index (χ1v) is 7.66. The highest BCUT2D eigenvalue weighted by atomic mass is 16.2. The second-order valence-corrected chi connectivity index (χ2v) is 5.65. The summed E-state index contributed by atoms with van der Waals surface area (Å²) >= 11 is 0. The maximum atomic E-state index is 12.8. The zero-order valence-corrected chi connectivity index (χ0v) is 12.7. The Bertz CT molecular complexity index is 714. The highest BCUT2D eigenvalue weighted by Gasteiger charge is 2.28. The number of nitrogens with zero attached hydrogens (tertiary/aromatic N) is 3. The van der Waals surface area contributed by atoms with E-state index >= 15 is 0 Å². The average Bonchev–Trinajstić information content (AvgIpc) is 2.93. The fraction of sp³-hybridized carbons (Fsp3) is 0.438. The van der Waals surface area contributed by atoms with Gasteiger partial charge in [-0.15, -0.1) is 0 Å². The standard InChI is InChI=1S/C16H20N4O2/c1-2-13-18-14(12-5-3-4-8-20(12)13)16(22)19-9-6-11(7-10-19)15(17)21/h3-5,8,11H,2,6-7,9-10H2,1H3,(H2,17,21). The van der Waals surface area contributed by atoms with Gasteiger partial charge in [0.2, 0.25) is 5.91 Å². The first kappa shape index (κ1) is 14.6. The number of fused-ring (bicyclic) bond motifs is 1. The molecule has 0 radical (unpaired) electrons. The number of amides is 2. The summed E-state index contributed by atoms with van der Waals surface area (Å²) in [6.07, 6.45) is 3.96. The molecule has 3 rings (SSSR count). The van der Waals surface area contributed by atoms with Crippen molar-refractivity contribution in [2.45, 2.75) is 26.2 Å². The Morgan fingerprint density at radius 1 is 1.32 bits per heavy atom. The van der Waals surface area contributed by atoms with Gasteiger partial charge in [0.15, 0.2) is 5.69 Å². The molecule has 2 amide bonds. The molecule has 0 spiro atoms. The summed E-state index contributed by atoms with van der Waals surface area (Å²) in [5.74, 6) is 0.430. The molecule has 0 atom stereocenters. The van der Waals surface area contributed by atoms with Crippen molar-refractivity contribution >= 4 is 17.3 Å². The zero-order valence-electron chi connectivity index (χ0n) is 12.7. The van der Waals surface area contributed by atoms with Gasteiger partial charge in [0, 0.05) is 31.6 Å². The first-order valence-electron chi connectivity index (χ1n) is 7.66. The maximum absolute atomic E-state index is 12.8. The molecule has 1 aliphatic heterocycles. The molecule has 0 aliphatic carbocycles.